The Labute approximate surface area is 83.3 Å². The number of carbonyl (C=O) groups is 1. The molecule has 0 saturated heterocycles. The minimum atomic E-state index is -3.37. The molecule has 82 valence electrons. The fourth-order valence-corrected chi connectivity index (χ4v) is 2.29. The van der Waals surface area contributed by atoms with Gasteiger partial charge in [-0.05, 0) is 20.8 Å². The number of carboxylic acids is 1. The van der Waals surface area contributed by atoms with E-state index in [1.807, 2.05) is 0 Å². The molecule has 14 heavy (non-hydrogen) atoms. The van der Waals surface area contributed by atoms with Crippen LogP contribution in [0.5, 0.6) is 0 Å². The van der Waals surface area contributed by atoms with Crippen molar-refractivity contribution in [2.24, 2.45) is 0 Å². The fraction of sp³-hybridized carbons (Fsp3) is 0.625. The second-order valence-electron chi connectivity index (χ2n) is 2.49. The molecular formula is C8H15O5P. The summed E-state index contributed by atoms with van der Waals surface area (Å²) in [6.07, 6.45) is 0. The van der Waals surface area contributed by atoms with E-state index in [2.05, 4.69) is 0 Å². The number of carboxylic acid groups (broad SMARTS) is 1. The molecule has 0 saturated carbocycles. The van der Waals surface area contributed by atoms with Crippen LogP contribution in [0.4, 0.5) is 0 Å². The summed E-state index contributed by atoms with van der Waals surface area (Å²) in [4.78, 5) is 10.5. The van der Waals surface area contributed by atoms with Crippen molar-refractivity contribution in [3.05, 3.63) is 11.4 Å². The summed E-state index contributed by atoms with van der Waals surface area (Å²) in [6, 6.07) is 0. The highest BCUT2D eigenvalue weighted by Gasteiger charge is 2.21. The number of hydrogen-bond donors (Lipinski definition) is 1. The quantitative estimate of drug-likeness (QED) is 0.551. The van der Waals surface area contributed by atoms with Gasteiger partial charge in [0.2, 0.25) is 0 Å². The van der Waals surface area contributed by atoms with E-state index >= 15 is 0 Å². The number of rotatable bonds is 6. The molecule has 0 radical (unpaired) electrons. The topological polar surface area (TPSA) is 72.8 Å². The standard InChI is InChI=1S/C8H15O5P/c1-4-12-14(11,13-5-2)6-7(3)8(9)10/h6H,4-5H2,1-3H3,(H,9,10)/b7-6+. The van der Waals surface area contributed by atoms with Crippen LogP contribution < -0.4 is 0 Å². The second-order valence-corrected chi connectivity index (χ2v) is 4.35. The van der Waals surface area contributed by atoms with E-state index in [1.165, 1.54) is 6.92 Å². The van der Waals surface area contributed by atoms with Crippen molar-refractivity contribution in [3.63, 3.8) is 0 Å². The minimum Gasteiger partial charge on any atom is -0.478 e. The molecule has 0 aromatic carbocycles. The van der Waals surface area contributed by atoms with Gasteiger partial charge in [-0.2, -0.15) is 0 Å². The van der Waals surface area contributed by atoms with E-state index in [1.54, 1.807) is 13.8 Å². The highest BCUT2D eigenvalue weighted by Crippen LogP contribution is 2.50. The Bertz CT molecular complexity index is 261. The predicted octanol–water partition coefficient (Wildman–Crippen LogP) is 2.24. The first-order chi connectivity index (χ1) is 6.45. The van der Waals surface area contributed by atoms with Gasteiger partial charge in [-0.1, -0.05) is 0 Å². The lowest BCUT2D eigenvalue weighted by molar-refractivity contribution is -0.132. The van der Waals surface area contributed by atoms with Crippen LogP contribution in [-0.4, -0.2) is 24.3 Å². The largest absolute Gasteiger partial charge is 0.478 e. The lowest BCUT2D eigenvalue weighted by Gasteiger charge is -2.13. The Balaban J connectivity index is 4.75. The van der Waals surface area contributed by atoms with Gasteiger partial charge in [-0.25, -0.2) is 4.79 Å². The van der Waals surface area contributed by atoms with Gasteiger partial charge in [-0.15, -0.1) is 0 Å². The third-order valence-corrected chi connectivity index (χ3v) is 3.25. The molecule has 0 heterocycles. The monoisotopic (exact) mass is 222 g/mol. The fourth-order valence-electron chi connectivity index (χ4n) is 0.764. The first-order valence-electron chi connectivity index (χ1n) is 4.26. The van der Waals surface area contributed by atoms with Crippen molar-refractivity contribution >= 4 is 13.6 Å². The van der Waals surface area contributed by atoms with Crippen LogP contribution in [0.3, 0.4) is 0 Å². The molecule has 0 bridgehead atoms. The summed E-state index contributed by atoms with van der Waals surface area (Å²) in [5, 5.41) is 8.58. The highest BCUT2D eigenvalue weighted by molar-refractivity contribution is 7.57. The Kier molecular flexibility index (Phi) is 5.69. The van der Waals surface area contributed by atoms with E-state index in [0.29, 0.717) is 0 Å². The zero-order chi connectivity index (χ0) is 11.2. The summed E-state index contributed by atoms with van der Waals surface area (Å²) >= 11 is 0. The smallest absolute Gasteiger partial charge is 0.354 e. The van der Waals surface area contributed by atoms with Crippen LogP contribution in [0.1, 0.15) is 20.8 Å². The lowest BCUT2D eigenvalue weighted by atomic mass is 10.4. The van der Waals surface area contributed by atoms with Crippen LogP contribution in [0.25, 0.3) is 0 Å². The predicted molar refractivity (Wildman–Crippen MR) is 52.3 cm³/mol. The van der Waals surface area contributed by atoms with Crippen LogP contribution in [0.2, 0.25) is 0 Å². The molecule has 0 spiro atoms. The van der Waals surface area contributed by atoms with E-state index in [-0.39, 0.29) is 18.8 Å². The molecule has 0 fully saturated rings. The zero-order valence-electron chi connectivity index (χ0n) is 8.52. The highest BCUT2D eigenvalue weighted by atomic mass is 31.2. The molecule has 0 aliphatic heterocycles. The molecule has 0 amide bonds. The van der Waals surface area contributed by atoms with Crippen molar-refractivity contribution in [1.82, 2.24) is 0 Å². The Hall–Kier alpha value is -0.640. The summed E-state index contributed by atoms with van der Waals surface area (Å²) in [7, 11) is -3.37. The molecule has 1 N–H and O–H groups in total. The van der Waals surface area contributed by atoms with E-state index < -0.39 is 13.6 Å². The van der Waals surface area contributed by atoms with Gasteiger partial charge in [0.05, 0.1) is 13.2 Å². The third-order valence-electron chi connectivity index (χ3n) is 1.31. The molecule has 0 unspecified atom stereocenters. The van der Waals surface area contributed by atoms with Gasteiger partial charge in [-0.3, -0.25) is 4.57 Å². The number of aliphatic carboxylic acids is 1. The van der Waals surface area contributed by atoms with Crippen LogP contribution in [-0.2, 0) is 18.4 Å². The molecule has 0 atom stereocenters. The molecule has 0 aliphatic carbocycles. The average Bonchev–Trinajstić information content (AvgIpc) is 2.04. The van der Waals surface area contributed by atoms with E-state index in [4.69, 9.17) is 14.2 Å². The van der Waals surface area contributed by atoms with Crippen LogP contribution in [0.15, 0.2) is 11.4 Å². The average molecular weight is 222 g/mol. The summed E-state index contributed by atoms with van der Waals surface area (Å²) in [6.45, 7) is 5.08. The Morgan fingerprint density at radius 2 is 1.79 bits per heavy atom. The summed E-state index contributed by atoms with van der Waals surface area (Å²) < 4.78 is 21.5. The Morgan fingerprint density at radius 3 is 2.07 bits per heavy atom. The maximum Gasteiger partial charge on any atom is 0.354 e. The Morgan fingerprint density at radius 1 is 1.36 bits per heavy atom. The van der Waals surface area contributed by atoms with E-state index in [0.717, 1.165) is 5.82 Å². The second kappa shape index (κ2) is 5.96. The first-order valence-corrected chi connectivity index (χ1v) is 5.88. The van der Waals surface area contributed by atoms with Crippen molar-refractivity contribution in [1.29, 1.82) is 0 Å². The summed E-state index contributed by atoms with van der Waals surface area (Å²) in [5.74, 6) is -0.105. The van der Waals surface area contributed by atoms with Crippen molar-refractivity contribution in [2.45, 2.75) is 20.8 Å². The molecule has 6 heteroatoms. The van der Waals surface area contributed by atoms with Gasteiger partial charge in [0.1, 0.15) is 0 Å². The third kappa shape index (κ3) is 4.56. The van der Waals surface area contributed by atoms with Crippen LogP contribution in [0, 0.1) is 0 Å². The van der Waals surface area contributed by atoms with Crippen molar-refractivity contribution < 1.29 is 23.5 Å². The molecule has 0 aliphatic rings. The normalized spacial score (nSPS) is 12.9. The van der Waals surface area contributed by atoms with Crippen LogP contribution >= 0.6 is 7.60 Å². The molecule has 0 aromatic heterocycles. The van der Waals surface area contributed by atoms with Gasteiger partial charge in [0, 0.05) is 11.4 Å². The van der Waals surface area contributed by atoms with Gasteiger partial charge >= 0.3 is 13.6 Å². The molecular weight excluding hydrogens is 207 g/mol. The van der Waals surface area contributed by atoms with Crippen molar-refractivity contribution in [3.8, 4) is 0 Å². The maximum atomic E-state index is 11.7. The minimum absolute atomic E-state index is 0.0461. The zero-order valence-corrected chi connectivity index (χ0v) is 9.41. The van der Waals surface area contributed by atoms with Gasteiger partial charge < -0.3 is 14.2 Å². The maximum absolute atomic E-state index is 11.7. The van der Waals surface area contributed by atoms with Gasteiger partial charge in [0.15, 0.2) is 0 Å². The first kappa shape index (κ1) is 13.4. The molecule has 0 aromatic rings. The molecule has 5 nitrogen and oxygen atoms in total. The SMILES string of the molecule is CCOP(=O)(/C=C(\C)C(=O)O)OCC. The van der Waals surface area contributed by atoms with Crippen molar-refractivity contribution in [2.75, 3.05) is 13.2 Å². The summed E-state index contributed by atoms with van der Waals surface area (Å²) in [5.41, 5.74) is -0.0461. The number of hydrogen-bond acceptors (Lipinski definition) is 4. The molecule has 0 rings (SSSR count). The lowest BCUT2D eigenvalue weighted by Crippen LogP contribution is -1.99. The van der Waals surface area contributed by atoms with Gasteiger partial charge in [0.25, 0.3) is 0 Å². The van der Waals surface area contributed by atoms with E-state index in [9.17, 15) is 9.36 Å².